The monoisotopic (exact) mass is 435 g/mol. The Morgan fingerprint density at radius 3 is 2.44 bits per heavy atom. The molecule has 5 rings (SSSR count). The number of nitrogens with zero attached hydrogens (tertiary/aromatic N) is 4. The summed E-state index contributed by atoms with van der Waals surface area (Å²) in [4.78, 5) is 26.5. The number of morpholine rings is 1. The van der Waals surface area contributed by atoms with Gasteiger partial charge in [-0.1, -0.05) is 24.3 Å². The zero-order valence-electron chi connectivity index (χ0n) is 18.9. The zero-order chi connectivity index (χ0) is 21.9. The van der Waals surface area contributed by atoms with Gasteiger partial charge in [-0.3, -0.25) is 9.69 Å². The molecule has 1 amide bonds. The number of carbonyl (C=O) groups is 1. The van der Waals surface area contributed by atoms with Crippen molar-refractivity contribution in [2.45, 2.75) is 38.6 Å². The Balaban J connectivity index is 1.18. The van der Waals surface area contributed by atoms with Gasteiger partial charge in [0.15, 0.2) is 0 Å². The number of anilines is 1. The van der Waals surface area contributed by atoms with Gasteiger partial charge in [0.05, 0.1) is 13.2 Å². The van der Waals surface area contributed by atoms with Gasteiger partial charge in [-0.25, -0.2) is 9.97 Å². The predicted molar refractivity (Wildman–Crippen MR) is 124 cm³/mol. The highest BCUT2D eigenvalue weighted by molar-refractivity contribution is 5.94. The summed E-state index contributed by atoms with van der Waals surface area (Å²) in [5, 5.41) is 3.50. The molecule has 170 valence electrons. The molecule has 3 aliphatic rings. The molecule has 0 atom stereocenters. The van der Waals surface area contributed by atoms with Gasteiger partial charge in [-0.05, 0) is 49.7 Å². The van der Waals surface area contributed by atoms with Crippen molar-refractivity contribution in [1.82, 2.24) is 19.8 Å². The average molecular weight is 436 g/mol. The third kappa shape index (κ3) is 4.50. The maximum absolute atomic E-state index is 13.2. The van der Waals surface area contributed by atoms with E-state index in [1.807, 2.05) is 11.8 Å². The summed E-state index contributed by atoms with van der Waals surface area (Å²) in [6, 6.07) is 9.24. The summed E-state index contributed by atoms with van der Waals surface area (Å²) in [5.41, 5.74) is 4.29. The van der Waals surface area contributed by atoms with Crippen LogP contribution in [0.5, 0.6) is 0 Å². The molecule has 2 aliphatic heterocycles. The van der Waals surface area contributed by atoms with E-state index in [0.29, 0.717) is 17.7 Å². The maximum atomic E-state index is 13.2. The molecular weight excluding hydrogens is 402 g/mol. The second kappa shape index (κ2) is 9.55. The molecule has 0 spiro atoms. The van der Waals surface area contributed by atoms with E-state index >= 15 is 0 Å². The third-order valence-electron chi connectivity index (χ3n) is 7.29. The van der Waals surface area contributed by atoms with Crippen LogP contribution >= 0.6 is 0 Å². The third-order valence-corrected chi connectivity index (χ3v) is 7.29. The van der Waals surface area contributed by atoms with E-state index in [4.69, 9.17) is 4.74 Å². The van der Waals surface area contributed by atoms with Crippen molar-refractivity contribution in [3.05, 3.63) is 53.0 Å². The molecule has 2 saturated heterocycles. The fraction of sp³-hybridized carbons (Fsp3) is 0.560. The van der Waals surface area contributed by atoms with Gasteiger partial charge in [0, 0.05) is 44.3 Å². The highest BCUT2D eigenvalue weighted by Crippen LogP contribution is 2.27. The standard InChI is InChI=1S/C25H33N5O2/c1-18-23(25(31)30-8-6-22(7-9-30)29-10-12-32-13-11-29)27-17-28-24(18)26-16-19-14-20-4-2-3-5-21(20)15-19/h2-5,17,19,22H,6-16H2,1H3,(H,26,27,28). The predicted octanol–water partition coefficient (Wildman–Crippen LogP) is 2.55. The van der Waals surface area contributed by atoms with Crippen LogP contribution in [0.15, 0.2) is 30.6 Å². The van der Waals surface area contributed by atoms with Crippen LogP contribution in [0.3, 0.4) is 0 Å². The fourth-order valence-corrected chi connectivity index (χ4v) is 5.41. The topological polar surface area (TPSA) is 70.6 Å². The first kappa shape index (κ1) is 21.3. The van der Waals surface area contributed by atoms with Gasteiger partial charge in [0.2, 0.25) is 0 Å². The first-order chi connectivity index (χ1) is 15.7. The van der Waals surface area contributed by atoms with Gasteiger partial charge in [0.25, 0.3) is 5.91 Å². The smallest absolute Gasteiger partial charge is 0.272 e. The summed E-state index contributed by atoms with van der Waals surface area (Å²) in [5.74, 6) is 1.37. The minimum absolute atomic E-state index is 0.0293. The van der Waals surface area contributed by atoms with Crippen LogP contribution in [-0.4, -0.2) is 77.7 Å². The first-order valence-corrected chi connectivity index (χ1v) is 11.9. The minimum Gasteiger partial charge on any atom is -0.379 e. The quantitative estimate of drug-likeness (QED) is 0.778. The van der Waals surface area contributed by atoms with Gasteiger partial charge < -0.3 is 15.0 Å². The Bertz CT molecular complexity index is 926. The van der Waals surface area contributed by atoms with Crippen LogP contribution in [0.25, 0.3) is 0 Å². The summed E-state index contributed by atoms with van der Waals surface area (Å²) >= 11 is 0. The number of ether oxygens (including phenoxy) is 1. The number of amides is 1. The molecule has 32 heavy (non-hydrogen) atoms. The van der Waals surface area contributed by atoms with Crippen LogP contribution in [-0.2, 0) is 17.6 Å². The number of carbonyl (C=O) groups excluding carboxylic acids is 1. The number of likely N-dealkylation sites (tertiary alicyclic amines) is 1. The maximum Gasteiger partial charge on any atom is 0.272 e. The molecule has 0 saturated carbocycles. The SMILES string of the molecule is Cc1c(NCC2Cc3ccccc3C2)ncnc1C(=O)N1CCC(N2CCOCC2)CC1. The second-order valence-corrected chi connectivity index (χ2v) is 9.29. The lowest BCUT2D eigenvalue weighted by Gasteiger charge is -2.40. The van der Waals surface area contributed by atoms with E-state index in [1.54, 1.807) is 0 Å². The van der Waals surface area contributed by atoms with E-state index in [2.05, 4.69) is 44.5 Å². The van der Waals surface area contributed by atoms with Crippen molar-refractivity contribution in [2.75, 3.05) is 51.3 Å². The van der Waals surface area contributed by atoms with Crippen molar-refractivity contribution < 1.29 is 9.53 Å². The minimum atomic E-state index is 0.0293. The molecule has 7 heteroatoms. The van der Waals surface area contributed by atoms with Crippen LogP contribution in [0, 0.1) is 12.8 Å². The summed E-state index contributed by atoms with van der Waals surface area (Å²) in [6.07, 6.45) is 5.74. The number of benzene rings is 1. The van der Waals surface area contributed by atoms with Gasteiger partial charge in [-0.2, -0.15) is 0 Å². The number of hydrogen-bond acceptors (Lipinski definition) is 6. The molecule has 3 heterocycles. The molecule has 1 aliphatic carbocycles. The Labute approximate surface area is 190 Å². The van der Waals surface area contributed by atoms with Crippen molar-refractivity contribution in [1.29, 1.82) is 0 Å². The van der Waals surface area contributed by atoms with Crippen LogP contribution in [0.2, 0.25) is 0 Å². The second-order valence-electron chi connectivity index (χ2n) is 9.29. The summed E-state index contributed by atoms with van der Waals surface area (Å²) in [6.45, 7) is 8.03. The molecule has 0 bridgehead atoms. The van der Waals surface area contributed by atoms with E-state index < -0.39 is 0 Å². The van der Waals surface area contributed by atoms with Gasteiger partial charge in [0.1, 0.15) is 17.8 Å². The number of nitrogens with one attached hydrogen (secondary N) is 1. The molecule has 1 aromatic heterocycles. The molecule has 1 aromatic carbocycles. The van der Waals surface area contributed by atoms with E-state index in [1.165, 1.54) is 17.5 Å². The van der Waals surface area contributed by atoms with E-state index in [0.717, 1.165) is 83.0 Å². The van der Waals surface area contributed by atoms with E-state index in [-0.39, 0.29) is 5.91 Å². The van der Waals surface area contributed by atoms with Crippen LogP contribution in [0.4, 0.5) is 5.82 Å². The lowest BCUT2D eigenvalue weighted by molar-refractivity contribution is 0.00152. The van der Waals surface area contributed by atoms with Crippen molar-refractivity contribution in [2.24, 2.45) is 5.92 Å². The highest BCUT2D eigenvalue weighted by atomic mass is 16.5. The molecule has 1 N–H and O–H groups in total. The normalized spacial score (nSPS) is 20.3. The lowest BCUT2D eigenvalue weighted by Crippen LogP contribution is -2.50. The Morgan fingerprint density at radius 1 is 1.06 bits per heavy atom. The number of piperidine rings is 1. The Kier molecular flexibility index (Phi) is 6.37. The molecule has 0 unspecified atom stereocenters. The average Bonchev–Trinajstić information content (AvgIpc) is 3.27. The highest BCUT2D eigenvalue weighted by Gasteiger charge is 2.30. The zero-order valence-corrected chi connectivity index (χ0v) is 18.9. The van der Waals surface area contributed by atoms with Crippen molar-refractivity contribution in [3.63, 3.8) is 0 Å². The van der Waals surface area contributed by atoms with Gasteiger partial charge in [-0.15, -0.1) is 0 Å². The van der Waals surface area contributed by atoms with Crippen LogP contribution in [0.1, 0.15) is 40.0 Å². The van der Waals surface area contributed by atoms with Gasteiger partial charge >= 0.3 is 0 Å². The fourth-order valence-electron chi connectivity index (χ4n) is 5.41. The van der Waals surface area contributed by atoms with Crippen molar-refractivity contribution >= 4 is 11.7 Å². The number of rotatable bonds is 5. The first-order valence-electron chi connectivity index (χ1n) is 11.9. The summed E-state index contributed by atoms with van der Waals surface area (Å²) in [7, 11) is 0. The molecule has 2 fully saturated rings. The lowest BCUT2D eigenvalue weighted by atomic mass is 10.0. The largest absolute Gasteiger partial charge is 0.379 e. The number of hydrogen-bond donors (Lipinski definition) is 1. The van der Waals surface area contributed by atoms with E-state index in [9.17, 15) is 4.79 Å². The molecule has 2 aromatic rings. The molecule has 0 radical (unpaired) electrons. The molecule has 7 nitrogen and oxygen atoms in total. The number of aromatic nitrogens is 2. The molecular formula is C25H33N5O2. The Morgan fingerprint density at radius 2 is 1.75 bits per heavy atom. The van der Waals surface area contributed by atoms with Crippen molar-refractivity contribution in [3.8, 4) is 0 Å². The van der Waals surface area contributed by atoms with Crippen LogP contribution < -0.4 is 5.32 Å². The Hall–Kier alpha value is -2.51. The summed E-state index contributed by atoms with van der Waals surface area (Å²) < 4.78 is 5.47. The number of fused-ring (bicyclic) bond motifs is 1.